The number of pyridine rings is 1. The molecule has 2 heterocycles. The first-order chi connectivity index (χ1) is 17.8. The lowest BCUT2D eigenvalue weighted by Gasteiger charge is -2.28. The molecule has 0 radical (unpaired) electrons. The molecule has 2 nitrogen and oxygen atoms in total. The van der Waals surface area contributed by atoms with E-state index >= 15 is 0 Å². The van der Waals surface area contributed by atoms with E-state index in [0.29, 0.717) is 0 Å². The molecule has 0 amide bonds. The normalized spacial score (nSPS) is 13.3. The second-order valence-electron chi connectivity index (χ2n) is 13.9. The molecule has 6 rings (SSSR count). The first-order valence-corrected chi connectivity index (χ1v) is 13.9. The second-order valence-corrected chi connectivity index (χ2v) is 13.9. The van der Waals surface area contributed by atoms with Gasteiger partial charge in [0.2, 0.25) is 5.69 Å². The van der Waals surface area contributed by atoms with Gasteiger partial charge in [-0.15, -0.1) is 0 Å². The Labute approximate surface area is 227 Å². The summed E-state index contributed by atoms with van der Waals surface area (Å²) in [7, 11) is 2.18. The molecule has 0 atom stereocenters. The fourth-order valence-corrected chi connectivity index (χ4v) is 6.43. The second kappa shape index (κ2) is 8.30. The minimum Gasteiger partial charge on any atom is -0.455 e. The van der Waals surface area contributed by atoms with Crippen LogP contribution in [0.4, 0.5) is 0 Å². The van der Waals surface area contributed by atoms with Crippen molar-refractivity contribution in [1.29, 1.82) is 0 Å². The summed E-state index contributed by atoms with van der Waals surface area (Å²) in [6.07, 6.45) is 4.23. The van der Waals surface area contributed by atoms with E-state index in [9.17, 15) is 0 Å². The third-order valence-corrected chi connectivity index (χ3v) is 7.94. The zero-order valence-electron chi connectivity index (χ0n) is 24.5. The van der Waals surface area contributed by atoms with Crippen molar-refractivity contribution in [3.63, 3.8) is 0 Å². The Hall–Kier alpha value is -3.39. The Morgan fingerprint density at radius 2 is 1.47 bits per heavy atom. The van der Waals surface area contributed by atoms with Gasteiger partial charge in [0.05, 0.1) is 10.9 Å². The minimum atomic E-state index is 0.124. The van der Waals surface area contributed by atoms with Crippen LogP contribution < -0.4 is 9.30 Å². The van der Waals surface area contributed by atoms with Crippen LogP contribution in [0.1, 0.15) is 63.8 Å². The topological polar surface area (TPSA) is 13.1 Å². The van der Waals surface area contributed by atoms with Gasteiger partial charge in [0.25, 0.3) is 0 Å². The van der Waals surface area contributed by atoms with E-state index in [1.165, 1.54) is 65.8 Å². The minimum absolute atomic E-state index is 0.124. The molecule has 1 aliphatic heterocycles. The third kappa shape index (κ3) is 4.06. The van der Waals surface area contributed by atoms with Crippen molar-refractivity contribution in [2.45, 2.75) is 68.2 Å². The maximum atomic E-state index is 7.01. The molecule has 5 aromatic rings. The number of benzene rings is 4. The van der Waals surface area contributed by atoms with Crippen molar-refractivity contribution in [2.75, 3.05) is 0 Å². The summed E-state index contributed by atoms with van der Waals surface area (Å²) in [4.78, 5) is 0. The molecule has 0 bridgehead atoms. The van der Waals surface area contributed by atoms with E-state index in [-0.39, 0.29) is 10.8 Å². The van der Waals surface area contributed by atoms with Gasteiger partial charge in [-0.1, -0.05) is 83.5 Å². The van der Waals surface area contributed by atoms with Crippen molar-refractivity contribution >= 4 is 32.3 Å². The van der Waals surface area contributed by atoms with Crippen molar-refractivity contribution < 1.29 is 9.30 Å². The fraction of sp³-hybridized carbons (Fsp3) is 0.361. The summed E-state index contributed by atoms with van der Waals surface area (Å²) in [6.45, 7) is 18.4. The lowest BCUT2D eigenvalue weighted by Crippen LogP contribution is -2.32. The molecule has 2 heteroatoms. The number of aromatic nitrogens is 1. The van der Waals surface area contributed by atoms with Gasteiger partial charge in [0.1, 0.15) is 18.5 Å². The number of rotatable bonds is 2. The summed E-state index contributed by atoms with van der Waals surface area (Å²) in [5.74, 6) is 2.00. The lowest BCUT2D eigenvalue weighted by molar-refractivity contribution is -0.659. The highest BCUT2D eigenvalue weighted by Crippen LogP contribution is 2.52. The first kappa shape index (κ1) is 24.9. The molecule has 1 aliphatic rings. The van der Waals surface area contributed by atoms with Crippen LogP contribution in [-0.4, -0.2) is 0 Å². The standard InChI is InChI=1S/C36H40NO/c1-21-10-12-24-18-30-32-26(28(24)16-21)14-15-37(9)33(32)31-22(2)27-17-23(19-35(3,4)5)11-13-25(27)29(34(31)38-30)20-36(6,7)8/h10-18H,19-20H2,1-9H3/q+1. The van der Waals surface area contributed by atoms with Gasteiger partial charge in [0, 0.05) is 17.0 Å². The Kier molecular flexibility index (Phi) is 5.44. The molecule has 0 saturated heterocycles. The molecule has 4 aromatic carbocycles. The molecular formula is C36H40NO+. The summed E-state index contributed by atoms with van der Waals surface area (Å²) in [5.41, 5.74) is 8.18. The van der Waals surface area contributed by atoms with Gasteiger partial charge < -0.3 is 4.74 Å². The fourth-order valence-electron chi connectivity index (χ4n) is 6.43. The van der Waals surface area contributed by atoms with E-state index < -0.39 is 0 Å². The van der Waals surface area contributed by atoms with Gasteiger partial charge in [-0.3, -0.25) is 0 Å². The summed E-state index contributed by atoms with van der Waals surface area (Å²) in [5, 5.41) is 7.67. The largest absolute Gasteiger partial charge is 0.455 e. The molecule has 38 heavy (non-hydrogen) atoms. The number of aryl methyl sites for hydroxylation is 3. The van der Waals surface area contributed by atoms with Crippen LogP contribution in [0.5, 0.6) is 11.5 Å². The Morgan fingerprint density at radius 3 is 2.18 bits per heavy atom. The number of hydrogen-bond acceptors (Lipinski definition) is 1. The predicted molar refractivity (Wildman–Crippen MR) is 161 cm³/mol. The van der Waals surface area contributed by atoms with Gasteiger partial charge in [-0.25, -0.2) is 4.57 Å². The monoisotopic (exact) mass is 502 g/mol. The van der Waals surface area contributed by atoms with Crippen LogP contribution in [0.15, 0.2) is 54.7 Å². The molecule has 0 spiro atoms. The highest BCUT2D eigenvalue weighted by atomic mass is 16.5. The maximum absolute atomic E-state index is 7.01. The number of hydrogen-bond donors (Lipinski definition) is 0. The van der Waals surface area contributed by atoms with Crippen molar-refractivity contribution in [1.82, 2.24) is 0 Å². The number of fused-ring (bicyclic) bond motifs is 5. The molecule has 194 valence electrons. The van der Waals surface area contributed by atoms with Crippen LogP contribution in [0, 0.1) is 24.7 Å². The van der Waals surface area contributed by atoms with E-state index in [1.54, 1.807) is 0 Å². The van der Waals surface area contributed by atoms with Crippen molar-refractivity contribution in [3.8, 4) is 22.8 Å². The lowest BCUT2D eigenvalue weighted by atomic mass is 9.80. The zero-order chi connectivity index (χ0) is 27.1. The third-order valence-electron chi connectivity index (χ3n) is 7.94. The van der Waals surface area contributed by atoms with E-state index in [4.69, 9.17) is 4.74 Å². The average molecular weight is 503 g/mol. The first-order valence-electron chi connectivity index (χ1n) is 13.9. The smallest absolute Gasteiger partial charge is 0.228 e. The molecule has 0 fully saturated rings. The van der Waals surface area contributed by atoms with Crippen molar-refractivity contribution in [3.05, 3.63) is 77.0 Å². The summed E-state index contributed by atoms with van der Waals surface area (Å²) >= 11 is 0. The quantitative estimate of drug-likeness (QED) is 0.170. The Morgan fingerprint density at radius 1 is 0.737 bits per heavy atom. The van der Waals surface area contributed by atoms with Gasteiger partial charge in [-0.2, -0.15) is 0 Å². The van der Waals surface area contributed by atoms with E-state index in [0.717, 1.165) is 24.3 Å². The molecular weight excluding hydrogens is 462 g/mol. The Balaban J connectivity index is 1.75. The SMILES string of the molecule is Cc1ccc2cc3c4c([n+](C)ccc4c2c1)-c1c(c(CC(C)(C)C)c2ccc(CC(C)(C)C)cc2c1C)O3. The van der Waals surface area contributed by atoms with Gasteiger partial charge in [-0.05, 0) is 76.3 Å². The highest BCUT2D eigenvalue weighted by Gasteiger charge is 2.34. The average Bonchev–Trinajstić information content (AvgIpc) is 2.81. The molecule has 1 aromatic heterocycles. The van der Waals surface area contributed by atoms with Crippen molar-refractivity contribution in [2.24, 2.45) is 17.9 Å². The van der Waals surface area contributed by atoms with Crippen LogP contribution >= 0.6 is 0 Å². The highest BCUT2D eigenvalue weighted by molar-refractivity contribution is 6.16. The van der Waals surface area contributed by atoms with Crippen LogP contribution in [-0.2, 0) is 19.9 Å². The van der Waals surface area contributed by atoms with Crippen LogP contribution in [0.25, 0.3) is 43.6 Å². The van der Waals surface area contributed by atoms with E-state index in [2.05, 4.69) is 122 Å². The number of ether oxygens (including phenoxy) is 1. The maximum Gasteiger partial charge on any atom is 0.228 e. The van der Waals surface area contributed by atoms with Gasteiger partial charge in [0.15, 0.2) is 6.20 Å². The zero-order valence-corrected chi connectivity index (χ0v) is 24.5. The molecule has 0 aliphatic carbocycles. The predicted octanol–water partition coefficient (Wildman–Crippen LogP) is 9.54. The molecule has 0 N–H and O–H groups in total. The summed E-state index contributed by atoms with van der Waals surface area (Å²) in [6, 6.07) is 18.4. The molecule has 0 saturated carbocycles. The molecule has 0 unspecified atom stereocenters. The van der Waals surface area contributed by atoms with Crippen LogP contribution in [0.2, 0.25) is 0 Å². The van der Waals surface area contributed by atoms with Gasteiger partial charge >= 0.3 is 0 Å². The summed E-state index contributed by atoms with van der Waals surface area (Å²) < 4.78 is 9.31. The number of nitrogens with zero attached hydrogens (tertiary/aromatic N) is 1. The van der Waals surface area contributed by atoms with Crippen LogP contribution in [0.3, 0.4) is 0 Å². The Bertz CT molecular complexity index is 1780. The van der Waals surface area contributed by atoms with E-state index in [1.807, 2.05) is 0 Å².